The van der Waals surface area contributed by atoms with Gasteiger partial charge in [-0.3, -0.25) is 9.59 Å². The highest BCUT2D eigenvalue weighted by Gasteiger charge is 2.25. The molecular formula is C25H22FN3O4S. The van der Waals surface area contributed by atoms with Crippen LogP contribution in [0, 0.1) is 12.7 Å². The Bertz CT molecular complexity index is 1540. The second-order valence-corrected chi connectivity index (χ2v) is 9.75. The number of anilines is 1. The average molecular weight is 480 g/mol. The first-order valence-electron chi connectivity index (χ1n) is 10.6. The number of sulfone groups is 1. The van der Waals surface area contributed by atoms with E-state index in [0.29, 0.717) is 11.4 Å². The van der Waals surface area contributed by atoms with Crippen molar-refractivity contribution in [1.82, 2.24) is 9.55 Å². The van der Waals surface area contributed by atoms with Crippen LogP contribution in [0.15, 0.2) is 81.4 Å². The van der Waals surface area contributed by atoms with Crippen molar-refractivity contribution >= 4 is 32.5 Å². The Balaban J connectivity index is 1.80. The molecule has 9 heteroatoms. The van der Waals surface area contributed by atoms with E-state index in [2.05, 4.69) is 10.3 Å². The Labute approximate surface area is 195 Å². The van der Waals surface area contributed by atoms with E-state index in [1.807, 2.05) is 6.92 Å². The van der Waals surface area contributed by atoms with Crippen LogP contribution >= 0.6 is 0 Å². The van der Waals surface area contributed by atoms with Crippen molar-refractivity contribution in [2.75, 3.05) is 5.32 Å². The van der Waals surface area contributed by atoms with Gasteiger partial charge in [-0.15, -0.1) is 0 Å². The molecule has 0 atom stereocenters. The molecule has 4 rings (SSSR count). The van der Waals surface area contributed by atoms with E-state index in [1.54, 1.807) is 25.1 Å². The summed E-state index contributed by atoms with van der Waals surface area (Å²) in [6, 6.07) is 14.7. The van der Waals surface area contributed by atoms with Crippen LogP contribution in [-0.4, -0.2) is 23.9 Å². The molecule has 0 aliphatic rings. The second kappa shape index (κ2) is 9.18. The molecule has 34 heavy (non-hydrogen) atoms. The number of amides is 1. The largest absolute Gasteiger partial charge is 0.325 e. The van der Waals surface area contributed by atoms with E-state index in [0.717, 1.165) is 18.2 Å². The number of carbonyl (C=O) groups is 1. The van der Waals surface area contributed by atoms with E-state index in [-0.39, 0.29) is 22.5 Å². The van der Waals surface area contributed by atoms with E-state index in [1.165, 1.54) is 47.0 Å². The fourth-order valence-corrected chi connectivity index (χ4v) is 4.93. The molecule has 0 saturated heterocycles. The molecule has 7 nitrogen and oxygen atoms in total. The lowest BCUT2D eigenvalue weighted by Crippen LogP contribution is -2.24. The first-order chi connectivity index (χ1) is 16.2. The van der Waals surface area contributed by atoms with Gasteiger partial charge in [-0.1, -0.05) is 19.1 Å². The van der Waals surface area contributed by atoms with Gasteiger partial charge in [-0.05, 0) is 67.4 Å². The Hall–Kier alpha value is -3.85. The van der Waals surface area contributed by atoms with Gasteiger partial charge in [-0.25, -0.2) is 17.8 Å². The molecule has 1 amide bonds. The number of halogens is 1. The van der Waals surface area contributed by atoms with Crippen LogP contribution in [0.1, 0.15) is 18.2 Å². The zero-order valence-corrected chi connectivity index (χ0v) is 19.4. The maximum Gasteiger partial charge on any atom is 0.244 e. The number of nitrogens with one attached hydrogen (secondary N) is 1. The maximum absolute atomic E-state index is 13.4. The summed E-state index contributed by atoms with van der Waals surface area (Å²) in [7, 11) is -4.15. The molecule has 0 spiro atoms. The monoisotopic (exact) mass is 479 g/mol. The third kappa shape index (κ3) is 4.60. The summed E-state index contributed by atoms with van der Waals surface area (Å²) in [6.45, 7) is 3.38. The van der Waals surface area contributed by atoms with E-state index >= 15 is 0 Å². The maximum atomic E-state index is 13.4. The number of benzene rings is 2. The van der Waals surface area contributed by atoms with Crippen molar-refractivity contribution in [3.63, 3.8) is 0 Å². The summed E-state index contributed by atoms with van der Waals surface area (Å²) in [6.07, 6.45) is 1.90. The van der Waals surface area contributed by atoms with Gasteiger partial charge in [-0.2, -0.15) is 0 Å². The number of aryl methyl sites for hydroxylation is 2. The van der Waals surface area contributed by atoms with Gasteiger partial charge < -0.3 is 9.88 Å². The molecular weight excluding hydrogens is 457 g/mol. The Morgan fingerprint density at radius 3 is 2.35 bits per heavy atom. The van der Waals surface area contributed by atoms with Gasteiger partial charge in [0.15, 0.2) is 0 Å². The van der Waals surface area contributed by atoms with Crippen molar-refractivity contribution in [3.05, 3.63) is 94.2 Å². The van der Waals surface area contributed by atoms with Gasteiger partial charge >= 0.3 is 0 Å². The average Bonchev–Trinajstić information content (AvgIpc) is 2.82. The van der Waals surface area contributed by atoms with Gasteiger partial charge in [0.2, 0.25) is 21.2 Å². The molecule has 2 heterocycles. The number of hydrogen-bond acceptors (Lipinski definition) is 5. The van der Waals surface area contributed by atoms with E-state index in [4.69, 9.17) is 0 Å². The molecule has 2 aromatic heterocycles. The molecule has 0 fully saturated rings. The van der Waals surface area contributed by atoms with Gasteiger partial charge in [0.1, 0.15) is 22.9 Å². The minimum absolute atomic E-state index is 0.0106. The fraction of sp³-hybridized carbons (Fsp3) is 0.160. The molecule has 4 aromatic rings. The Kier molecular flexibility index (Phi) is 6.30. The zero-order chi connectivity index (χ0) is 24.5. The predicted molar refractivity (Wildman–Crippen MR) is 127 cm³/mol. The lowest BCUT2D eigenvalue weighted by molar-refractivity contribution is -0.116. The molecule has 0 bridgehead atoms. The van der Waals surface area contributed by atoms with Crippen molar-refractivity contribution < 1.29 is 17.6 Å². The fourth-order valence-electron chi connectivity index (χ4n) is 3.56. The minimum Gasteiger partial charge on any atom is -0.325 e. The van der Waals surface area contributed by atoms with Crippen LogP contribution in [0.4, 0.5) is 10.1 Å². The SMILES string of the molecule is CCc1ccc(S(=O)(=O)c2cn(CC(=O)Nc3ccc(F)cc3)c3nc(C)ccc3c2=O)cc1. The van der Waals surface area contributed by atoms with Crippen LogP contribution in [0.3, 0.4) is 0 Å². The lowest BCUT2D eigenvalue weighted by atomic mass is 10.2. The highest BCUT2D eigenvalue weighted by atomic mass is 32.2. The van der Waals surface area contributed by atoms with Crippen molar-refractivity contribution in [3.8, 4) is 0 Å². The Morgan fingerprint density at radius 2 is 1.71 bits per heavy atom. The number of nitrogens with zero attached hydrogens (tertiary/aromatic N) is 2. The number of rotatable bonds is 6. The second-order valence-electron chi connectivity index (χ2n) is 7.83. The molecule has 174 valence electrons. The van der Waals surface area contributed by atoms with E-state index < -0.39 is 31.9 Å². The zero-order valence-electron chi connectivity index (χ0n) is 18.6. The normalized spacial score (nSPS) is 11.5. The minimum atomic E-state index is -4.15. The summed E-state index contributed by atoms with van der Waals surface area (Å²) >= 11 is 0. The number of pyridine rings is 2. The summed E-state index contributed by atoms with van der Waals surface area (Å²) in [4.78, 5) is 29.8. The summed E-state index contributed by atoms with van der Waals surface area (Å²) < 4.78 is 41.2. The molecule has 0 unspecified atom stereocenters. The first-order valence-corrected chi connectivity index (χ1v) is 12.1. The highest BCUT2D eigenvalue weighted by molar-refractivity contribution is 7.91. The van der Waals surface area contributed by atoms with Gasteiger partial charge in [0, 0.05) is 17.6 Å². The van der Waals surface area contributed by atoms with Crippen molar-refractivity contribution in [2.45, 2.75) is 36.6 Å². The molecule has 0 saturated carbocycles. The standard InChI is InChI=1S/C25H22FN3O4S/c1-3-17-5-11-20(12-6-17)34(32,33)22-14-29(25-21(24(22)31)13-4-16(2)27-25)15-23(30)28-19-9-7-18(26)8-10-19/h4-14H,3,15H2,1-2H3,(H,28,30). The van der Waals surface area contributed by atoms with Crippen LogP contribution < -0.4 is 10.7 Å². The molecule has 2 aromatic carbocycles. The molecule has 0 aliphatic heterocycles. The third-order valence-electron chi connectivity index (χ3n) is 5.40. The topological polar surface area (TPSA) is 98.1 Å². The van der Waals surface area contributed by atoms with Crippen molar-refractivity contribution in [2.24, 2.45) is 0 Å². The third-order valence-corrected chi connectivity index (χ3v) is 7.16. The van der Waals surface area contributed by atoms with E-state index in [9.17, 15) is 22.4 Å². The molecule has 0 aliphatic carbocycles. The van der Waals surface area contributed by atoms with Gasteiger partial charge in [0.05, 0.1) is 10.3 Å². The van der Waals surface area contributed by atoms with Crippen LogP contribution in [-0.2, 0) is 27.6 Å². The van der Waals surface area contributed by atoms with Crippen LogP contribution in [0.5, 0.6) is 0 Å². The van der Waals surface area contributed by atoms with Gasteiger partial charge in [0.25, 0.3) is 0 Å². The number of hydrogen-bond donors (Lipinski definition) is 1. The smallest absolute Gasteiger partial charge is 0.244 e. The number of aromatic nitrogens is 2. The lowest BCUT2D eigenvalue weighted by Gasteiger charge is -2.14. The first kappa shape index (κ1) is 23.3. The van der Waals surface area contributed by atoms with Crippen LogP contribution in [0.25, 0.3) is 11.0 Å². The number of fused-ring (bicyclic) bond motifs is 1. The summed E-state index contributed by atoms with van der Waals surface area (Å²) in [5.41, 5.74) is 1.46. The highest BCUT2D eigenvalue weighted by Crippen LogP contribution is 2.22. The molecule has 0 radical (unpaired) electrons. The van der Waals surface area contributed by atoms with Crippen molar-refractivity contribution in [1.29, 1.82) is 0 Å². The quantitative estimate of drug-likeness (QED) is 0.453. The molecule has 1 N–H and O–H groups in total. The Morgan fingerprint density at radius 1 is 1.03 bits per heavy atom. The summed E-state index contributed by atoms with van der Waals surface area (Å²) in [5.74, 6) is -0.929. The number of carbonyl (C=O) groups excluding carboxylic acids is 1. The predicted octanol–water partition coefficient (Wildman–Crippen LogP) is 3.88. The van der Waals surface area contributed by atoms with Crippen LogP contribution in [0.2, 0.25) is 0 Å². The summed E-state index contributed by atoms with van der Waals surface area (Å²) in [5, 5.41) is 2.72.